The number of fused-ring (bicyclic) bond motifs is 1. The molecule has 1 aromatic heterocycles. The smallest absolute Gasteiger partial charge is 0.220 e. The van der Waals surface area contributed by atoms with Crippen molar-refractivity contribution < 1.29 is 9.53 Å². The van der Waals surface area contributed by atoms with Gasteiger partial charge in [0.2, 0.25) is 5.91 Å². The molecule has 5 aromatic carbocycles. The number of carbonyl (C=O) groups excluding carboxylic acids is 1. The van der Waals surface area contributed by atoms with Crippen LogP contribution in [0.2, 0.25) is 5.02 Å². The van der Waals surface area contributed by atoms with Crippen LogP contribution in [0.3, 0.4) is 0 Å². The molecule has 2 fully saturated rings. The van der Waals surface area contributed by atoms with Gasteiger partial charge in [-0.25, -0.2) is 0 Å². The molecule has 2 N–H and O–H groups in total. The zero-order valence-corrected chi connectivity index (χ0v) is 34.0. The number of aryl methyl sites for hydroxylation is 1. The largest absolute Gasteiger partial charge is 0.496 e. The van der Waals surface area contributed by atoms with Crippen molar-refractivity contribution in [2.45, 2.75) is 96.6 Å². The Balaban J connectivity index is 1.00. The van der Waals surface area contributed by atoms with Gasteiger partial charge in [-0.1, -0.05) is 129 Å². The fourth-order valence-corrected chi connectivity index (χ4v) is 9.26. The van der Waals surface area contributed by atoms with Crippen LogP contribution in [0.5, 0.6) is 5.75 Å². The van der Waals surface area contributed by atoms with E-state index in [1.165, 1.54) is 54.4 Å². The summed E-state index contributed by atoms with van der Waals surface area (Å²) in [6.07, 6.45) is 11.1. The highest BCUT2D eigenvalue weighted by Crippen LogP contribution is 2.40. The van der Waals surface area contributed by atoms with E-state index in [9.17, 15) is 4.79 Å². The van der Waals surface area contributed by atoms with Gasteiger partial charge in [0.25, 0.3) is 0 Å². The Morgan fingerprint density at radius 3 is 2.40 bits per heavy atom. The molecule has 6 aromatic rings. The zero-order chi connectivity index (χ0) is 39.1. The number of nitrogens with one attached hydrogen (secondary N) is 2. The summed E-state index contributed by atoms with van der Waals surface area (Å²) < 4.78 is 7.95. The summed E-state index contributed by atoms with van der Waals surface area (Å²) in [4.78, 5) is 14.3. The molecular weight excluding hydrogens is 726 g/mol. The van der Waals surface area contributed by atoms with Gasteiger partial charge < -0.3 is 15.4 Å². The number of carbonyl (C=O) groups is 1. The second-order valence-electron chi connectivity index (χ2n) is 15.8. The fraction of sp³-hybridized carbons (Fsp3) is 0.347. The first-order chi connectivity index (χ1) is 28.0. The van der Waals surface area contributed by atoms with Crippen molar-refractivity contribution in [1.29, 1.82) is 0 Å². The average molecular weight is 780 g/mol. The van der Waals surface area contributed by atoms with Crippen LogP contribution in [-0.2, 0) is 37.4 Å². The highest BCUT2D eigenvalue weighted by Gasteiger charge is 2.23. The molecule has 7 nitrogen and oxygen atoms in total. The number of rotatable bonds is 15. The molecule has 1 unspecified atom stereocenters. The summed E-state index contributed by atoms with van der Waals surface area (Å²) in [6, 6.07) is 37.7. The number of halogens is 1. The summed E-state index contributed by atoms with van der Waals surface area (Å²) in [5.74, 6) is 0.930. The van der Waals surface area contributed by atoms with Crippen LogP contribution in [0, 0.1) is 0 Å². The van der Waals surface area contributed by atoms with Crippen LogP contribution in [0.4, 0.5) is 0 Å². The molecule has 0 radical (unpaired) electrons. The number of aromatic nitrogens is 2. The van der Waals surface area contributed by atoms with E-state index in [0.29, 0.717) is 30.6 Å². The van der Waals surface area contributed by atoms with E-state index in [1.54, 1.807) is 7.11 Å². The molecule has 8 rings (SSSR count). The second-order valence-corrected chi connectivity index (χ2v) is 16.2. The van der Waals surface area contributed by atoms with Crippen molar-refractivity contribution in [3.05, 3.63) is 142 Å². The lowest BCUT2D eigenvalue weighted by Gasteiger charge is -2.35. The minimum absolute atomic E-state index is 0.130. The minimum atomic E-state index is 0.130. The van der Waals surface area contributed by atoms with E-state index in [1.807, 2.05) is 6.20 Å². The Labute approximate surface area is 342 Å². The lowest BCUT2D eigenvalue weighted by molar-refractivity contribution is -0.119. The predicted octanol–water partition coefficient (Wildman–Crippen LogP) is 10.3. The zero-order valence-electron chi connectivity index (χ0n) is 33.3. The Hall–Kier alpha value is -4.95. The van der Waals surface area contributed by atoms with Gasteiger partial charge in [0.05, 0.1) is 30.4 Å². The van der Waals surface area contributed by atoms with E-state index in [4.69, 9.17) is 21.4 Å². The molecule has 1 saturated heterocycles. The number of nitrogens with zero attached hydrogens (tertiary/aromatic N) is 3. The predicted molar refractivity (Wildman–Crippen MR) is 233 cm³/mol. The van der Waals surface area contributed by atoms with E-state index < -0.39 is 0 Å². The van der Waals surface area contributed by atoms with Crippen molar-refractivity contribution in [2.24, 2.45) is 0 Å². The van der Waals surface area contributed by atoms with Crippen LogP contribution in [0.1, 0.15) is 79.7 Å². The molecule has 1 amide bonds. The number of amides is 1. The van der Waals surface area contributed by atoms with E-state index in [-0.39, 0.29) is 11.9 Å². The summed E-state index contributed by atoms with van der Waals surface area (Å²) in [5, 5.41) is 13.2. The van der Waals surface area contributed by atoms with Crippen molar-refractivity contribution >= 4 is 28.4 Å². The molecule has 0 spiro atoms. The van der Waals surface area contributed by atoms with E-state index in [0.717, 1.165) is 76.9 Å². The average Bonchev–Trinajstić information content (AvgIpc) is 3.87. The summed E-state index contributed by atoms with van der Waals surface area (Å²) in [6.45, 7) is 6.32. The number of hydrogen-bond donors (Lipinski definition) is 2. The third kappa shape index (κ3) is 8.96. The van der Waals surface area contributed by atoms with Gasteiger partial charge in [-0.2, -0.15) is 5.10 Å². The van der Waals surface area contributed by atoms with Crippen LogP contribution < -0.4 is 15.4 Å². The van der Waals surface area contributed by atoms with Crippen LogP contribution in [0.15, 0.2) is 109 Å². The molecule has 2 aliphatic rings. The van der Waals surface area contributed by atoms with Crippen molar-refractivity contribution in [3.8, 4) is 28.0 Å². The summed E-state index contributed by atoms with van der Waals surface area (Å²) in [7, 11) is 1.70. The SMILES string of the molecule is CCc1cc(Cn2ncc3c(-c4cccc(-c5ccc(CNCC6CCC(=O)N6)c(OC)c5)c4Cl)cccc32)ccc1CN(Cc1ccccc1)C1CCCCC1. The number of ether oxygens (including phenoxy) is 1. The van der Waals surface area contributed by atoms with Gasteiger partial charge >= 0.3 is 0 Å². The molecule has 0 bridgehead atoms. The first kappa shape index (κ1) is 38.9. The molecule has 2 heterocycles. The standard InChI is InChI=1S/C49H54ClN5O2/c1-3-36-26-35(20-21-39(36)33-54(41-14-8-5-9-15-41)31-34-12-6-4-7-13-34)32-55-46-19-11-17-43(45(46)30-52-55)44-18-10-16-42(49(44)50)37-22-23-38(47(27-37)57-2)28-51-29-40-24-25-48(56)53-40/h4,6-7,10-13,16-23,26-27,30,40-41,51H,3,5,8-9,14-15,24-25,28-29,31-33H2,1-2H3,(H,53,56). The Bertz CT molecular complexity index is 2310. The monoisotopic (exact) mass is 779 g/mol. The maximum atomic E-state index is 11.6. The lowest BCUT2D eigenvalue weighted by Crippen LogP contribution is -2.36. The molecule has 1 saturated carbocycles. The fourth-order valence-electron chi connectivity index (χ4n) is 8.93. The van der Waals surface area contributed by atoms with Gasteiger partial charge in [0.1, 0.15) is 5.75 Å². The first-order valence-electron chi connectivity index (χ1n) is 20.8. The molecule has 1 atom stereocenters. The highest BCUT2D eigenvalue weighted by molar-refractivity contribution is 6.36. The Morgan fingerprint density at radius 1 is 0.825 bits per heavy atom. The molecule has 57 heavy (non-hydrogen) atoms. The van der Waals surface area contributed by atoms with E-state index >= 15 is 0 Å². The number of methoxy groups -OCH3 is 1. The maximum absolute atomic E-state index is 11.6. The molecule has 1 aliphatic carbocycles. The third-order valence-corrected chi connectivity index (χ3v) is 12.4. The van der Waals surface area contributed by atoms with Crippen molar-refractivity contribution in [3.63, 3.8) is 0 Å². The van der Waals surface area contributed by atoms with Crippen LogP contribution in [-0.4, -0.2) is 46.3 Å². The van der Waals surface area contributed by atoms with Gasteiger partial charge in [0.15, 0.2) is 0 Å². The number of benzene rings is 5. The Kier molecular flexibility index (Phi) is 12.4. The quantitative estimate of drug-likeness (QED) is 0.109. The first-order valence-corrected chi connectivity index (χ1v) is 21.1. The second kappa shape index (κ2) is 18.1. The van der Waals surface area contributed by atoms with Gasteiger partial charge in [-0.05, 0) is 71.2 Å². The normalized spacial score (nSPS) is 16.1. The molecular formula is C49H54ClN5O2. The highest BCUT2D eigenvalue weighted by atomic mass is 35.5. The van der Waals surface area contributed by atoms with Gasteiger partial charge in [-0.15, -0.1) is 0 Å². The number of hydrogen-bond acceptors (Lipinski definition) is 5. The Morgan fingerprint density at radius 2 is 1.61 bits per heavy atom. The molecule has 8 heteroatoms. The lowest BCUT2D eigenvalue weighted by atomic mass is 9.92. The molecule has 1 aliphatic heterocycles. The summed E-state index contributed by atoms with van der Waals surface area (Å²) in [5.41, 5.74) is 11.6. The van der Waals surface area contributed by atoms with Crippen molar-refractivity contribution in [1.82, 2.24) is 25.3 Å². The maximum Gasteiger partial charge on any atom is 0.220 e. The van der Waals surface area contributed by atoms with Crippen LogP contribution in [0.25, 0.3) is 33.2 Å². The molecule has 294 valence electrons. The summed E-state index contributed by atoms with van der Waals surface area (Å²) >= 11 is 7.28. The third-order valence-electron chi connectivity index (χ3n) is 12.0. The van der Waals surface area contributed by atoms with Gasteiger partial charge in [0, 0.05) is 66.8 Å². The van der Waals surface area contributed by atoms with E-state index in [2.05, 4.69) is 130 Å². The van der Waals surface area contributed by atoms with Crippen LogP contribution >= 0.6 is 11.6 Å². The minimum Gasteiger partial charge on any atom is -0.496 e. The topological polar surface area (TPSA) is 71.4 Å². The van der Waals surface area contributed by atoms with Gasteiger partial charge in [-0.3, -0.25) is 14.4 Å². The van der Waals surface area contributed by atoms with Crippen molar-refractivity contribution in [2.75, 3.05) is 13.7 Å².